The molecule has 1 aromatic rings. The second-order valence-corrected chi connectivity index (χ2v) is 8.55. The van der Waals surface area contributed by atoms with Crippen LogP contribution in [0.2, 0.25) is 0 Å². The molecular weight excluding hydrogens is 368 g/mol. The number of aliphatic hydroxyl groups is 1. The Kier molecular flexibility index (Phi) is 8.48. The van der Waals surface area contributed by atoms with Gasteiger partial charge >= 0.3 is 0 Å². The zero-order valence-electron chi connectivity index (χ0n) is 17.8. The van der Waals surface area contributed by atoms with Crippen LogP contribution in [0.1, 0.15) is 49.9 Å². The Morgan fingerprint density at radius 1 is 1.28 bits per heavy atom. The lowest BCUT2D eigenvalue weighted by atomic mass is 10.1. The van der Waals surface area contributed by atoms with Gasteiger partial charge in [-0.2, -0.15) is 0 Å². The summed E-state index contributed by atoms with van der Waals surface area (Å²) in [6.45, 7) is 7.62. The molecule has 2 unspecified atom stereocenters. The summed E-state index contributed by atoms with van der Waals surface area (Å²) >= 11 is 0. The molecule has 1 saturated carbocycles. The largest absolute Gasteiger partial charge is 0.389 e. The van der Waals surface area contributed by atoms with E-state index >= 15 is 0 Å². The molecule has 1 N–H and O–H groups in total. The summed E-state index contributed by atoms with van der Waals surface area (Å²) < 4.78 is 11.5. The van der Waals surface area contributed by atoms with E-state index in [0.717, 1.165) is 31.5 Å². The highest BCUT2D eigenvalue weighted by Gasteiger charge is 2.32. The normalized spacial score (nSPS) is 22.1. The minimum atomic E-state index is -0.506. The number of hydrogen-bond donors (Lipinski definition) is 1. The highest BCUT2D eigenvalue weighted by molar-refractivity contribution is 5.94. The molecule has 6 heteroatoms. The van der Waals surface area contributed by atoms with Crippen LogP contribution in [0.4, 0.5) is 0 Å². The Hall–Kier alpha value is -1.47. The Bertz CT molecular complexity index is 619. The standard InChI is InChI=1S/C23H36N2O4/c1-18(2)29-17-21(26)14-24-12-13-28-22(15-24)16-25(20-10-6-7-11-20)23(27)19-8-4-3-5-9-19/h3-5,8-9,18,20-22,26H,6-7,10-17H2,1-2H3. The van der Waals surface area contributed by atoms with Gasteiger partial charge in [0.2, 0.25) is 0 Å². The van der Waals surface area contributed by atoms with E-state index in [9.17, 15) is 9.90 Å². The highest BCUT2D eigenvalue weighted by Crippen LogP contribution is 2.26. The summed E-state index contributed by atoms with van der Waals surface area (Å²) in [5, 5.41) is 10.3. The first-order valence-electron chi connectivity index (χ1n) is 11.0. The molecular formula is C23H36N2O4. The quantitative estimate of drug-likeness (QED) is 0.685. The first-order valence-corrected chi connectivity index (χ1v) is 11.0. The van der Waals surface area contributed by atoms with Gasteiger partial charge in [0.05, 0.1) is 31.5 Å². The van der Waals surface area contributed by atoms with Crippen LogP contribution in [-0.2, 0) is 9.47 Å². The number of carbonyl (C=O) groups excluding carboxylic acids is 1. The maximum Gasteiger partial charge on any atom is 0.254 e. The van der Waals surface area contributed by atoms with E-state index in [2.05, 4.69) is 4.90 Å². The van der Waals surface area contributed by atoms with Crippen LogP contribution in [0.15, 0.2) is 30.3 Å². The minimum Gasteiger partial charge on any atom is -0.389 e. The first kappa shape index (κ1) is 22.2. The van der Waals surface area contributed by atoms with E-state index in [4.69, 9.17) is 9.47 Å². The predicted octanol–water partition coefficient (Wildman–Crippen LogP) is 2.56. The van der Waals surface area contributed by atoms with Crippen LogP contribution in [0.3, 0.4) is 0 Å². The molecule has 2 fully saturated rings. The molecule has 1 saturated heterocycles. The van der Waals surface area contributed by atoms with Gasteiger partial charge in [0.1, 0.15) is 0 Å². The van der Waals surface area contributed by atoms with Crippen LogP contribution in [-0.4, -0.2) is 84.6 Å². The van der Waals surface area contributed by atoms with Crippen molar-refractivity contribution < 1.29 is 19.4 Å². The maximum atomic E-state index is 13.2. The number of benzene rings is 1. The van der Waals surface area contributed by atoms with Crippen LogP contribution >= 0.6 is 0 Å². The van der Waals surface area contributed by atoms with Crippen molar-refractivity contribution in [3.05, 3.63) is 35.9 Å². The summed E-state index contributed by atoms with van der Waals surface area (Å²) in [5.41, 5.74) is 0.744. The van der Waals surface area contributed by atoms with Crippen molar-refractivity contribution in [1.29, 1.82) is 0 Å². The minimum absolute atomic E-state index is 0.0322. The summed E-state index contributed by atoms with van der Waals surface area (Å²) in [4.78, 5) is 17.5. The number of β-amino-alcohol motifs (C(OH)–C–C–N with tert-alkyl or cyclic N) is 1. The van der Waals surface area contributed by atoms with Crippen molar-refractivity contribution in [2.45, 2.75) is 63.9 Å². The third-order valence-electron chi connectivity index (χ3n) is 5.76. The fraction of sp³-hybridized carbons (Fsp3) is 0.696. The van der Waals surface area contributed by atoms with E-state index in [0.29, 0.717) is 32.3 Å². The number of rotatable bonds is 9. The molecule has 29 heavy (non-hydrogen) atoms. The molecule has 2 atom stereocenters. The zero-order valence-corrected chi connectivity index (χ0v) is 17.8. The molecule has 6 nitrogen and oxygen atoms in total. The third kappa shape index (κ3) is 6.78. The Balaban J connectivity index is 1.59. The lowest BCUT2D eigenvalue weighted by Gasteiger charge is -2.38. The Labute approximate surface area is 174 Å². The van der Waals surface area contributed by atoms with Crippen molar-refractivity contribution in [2.75, 3.05) is 39.4 Å². The number of ether oxygens (including phenoxy) is 2. The van der Waals surface area contributed by atoms with Gasteiger partial charge in [0.15, 0.2) is 0 Å². The molecule has 1 aromatic carbocycles. The van der Waals surface area contributed by atoms with Crippen LogP contribution in [0, 0.1) is 0 Å². The molecule has 2 aliphatic rings. The average molecular weight is 405 g/mol. The fourth-order valence-corrected chi connectivity index (χ4v) is 4.29. The third-order valence-corrected chi connectivity index (χ3v) is 5.76. The predicted molar refractivity (Wildman–Crippen MR) is 113 cm³/mol. The van der Waals surface area contributed by atoms with Crippen molar-refractivity contribution in [3.8, 4) is 0 Å². The molecule has 1 aliphatic carbocycles. The molecule has 3 rings (SSSR count). The number of nitrogens with zero attached hydrogens (tertiary/aromatic N) is 2. The van der Waals surface area contributed by atoms with Gasteiger partial charge < -0.3 is 19.5 Å². The monoisotopic (exact) mass is 404 g/mol. The van der Waals surface area contributed by atoms with E-state index in [1.54, 1.807) is 0 Å². The van der Waals surface area contributed by atoms with Crippen molar-refractivity contribution in [2.24, 2.45) is 0 Å². The average Bonchev–Trinajstić information content (AvgIpc) is 3.25. The number of aliphatic hydroxyl groups excluding tert-OH is 1. The van der Waals surface area contributed by atoms with Crippen molar-refractivity contribution in [3.63, 3.8) is 0 Å². The van der Waals surface area contributed by atoms with Crippen molar-refractivity contribution in [1.82, 2.24) is 9.80 Å². The van der Waals surface area contributed by atoms with E-state index in [1.807, 2.05) is 49.1 Å². The van der Waals surface area contributed by atoms with Gasteiger partial charge in [0.25, 0.3) is 5.91 Å². The topological polar surface area (TPSA) is 62.2 Å². The van der Waals surface area contributed by atoms with Gasteiger partial charge in [-0.25, -0.2) is 0 Å². The first-order chi connectivity index (χ1) is 14.0. The van der Waals surface area contributed by atoms with Crippen LogP contribution < -0.4 is 0 Å². The summed E-state index contributed by atoms with van der Waals surface area (Å²) in [7, 11) is 0. The van der Waals surface area contributed by atoms with Crippen molar-refractivity contribution >= 4 is 5.91 Å². The molecule has 1 aliphatic heterocycles. The Morgan fingerprint density at radius 3 is 2.69 bits per heavy atom. The molecule has 0 aromatic heterocycles. The van der Waals surface area contributed by atoms with E-state index in [-0.39, 0.29) is 18.1 Å². The van der Waals surface area contributed by atoms with Gasteiger partial charge in [-0.15, -0.1) is 0 Å². The molecule has 1 amide bonds. The molecule has 0 bridgehead atoms. The SMILES string of the molecule is CC(C)OCC(O)CN1CCOC(CN(C(=O)c2ccccc2)C2CCCC2)C1. The summed E-state index contributed by atoms with van der Waals surface area (Å²) in [5.74, 6) is 0.101. The van der Waals surface area contributed by atoms with E-state index in [1.165, 1.54) is 12.8 Å². The second-order valence-electron chi connectivity index (χ2n) is 8.55. The number of hydrogen-bond acceptors (Lipinski definition) is 5. The van der Waals surface area contributed by atoms with E-state index < -0.39 is 6.10 Å². The number of carbonyl (C=O) groups is 1. The van der Waals surface area contributed by atoms with Gasteiger partial charge in [-0.3, -0.25) is 9.69 Å². The number of morpholine rings is 1. The molecule has 0 spiro atoms. The lowest BCUT2D eigenvalue weighted by molar-refractivity contribution is -0.0649. The fourth-order valence-electron chi connectivity index (χ4n) is 4.29. The maximum absolute atomic E-state index is 13.2. The smallest absolute Gasteiger partial charge is 0.254 e. The van der Waals surface area contributed by atoms with Crippen LogP contribution in [0.25, 0.3) is 0 Å². The van der Waals surface area contributed by atoms with Gasteiger partial charge in [-0.1, -0.05) is 31.0 Å². The zero-order chi connectivity index (χ0) is 20.6. The summed E-state index contributed by atoms with van der Waals surface area (Å²) in [6, 6.07) is 9.85. The molecule has 1 heterocycles. The highest BCUT2D eigenvalue weighted by atomic mass is 16.5. The van der Waals surface area contributed by atoms with Gasteiger partial charge in [-0.05, 0) is 38.8 Å². The Morgan fingerprint density at radius 2 is 2.00 bits per heavy atom. The van der Waals surface area contributed by atoms with Crippen LogP contribution in [0.5, 0.6) is 0 Å². The molecule has 162 valence electrons. The number of amides is 1. The lowest BCUT2D eigenvalue weighted by Crippen LogP contribution is -2.52. The molecule has 0 radical (unpaired) electrons. The second kappa shape index (κ2) is 11.1. The summed E-state index contributed by atoms with van der Waals surface area (Å²) in [6.07, 6.45) is 4.08. The van der Waals surface area contributed by atoms with Gasteiger partial charge in [0, 0.05) is 37.8 Å².